The molecule has 2 aromatic rings. The highest BCUT2D eigenvalue weighted by atomic mass is 35.5. The number of nitrogens with one attached hydrogen (secondary N) is 2. The molecule has 1 heterocycles. The van der Waals surface area contributed by atoms with Gasteiger partial charge in [0, 0.05) is 17.1 Å². The first-order valence-electron chi connectivity index (χ1n) is 7.68. The van der Waals surface area contributed by atoms with E-state index >= 15 is 0 Å². The molecule has 128 valence electrons. The number of nitrogens with zero attached hydrogens (tertiary/aromatic N) is 1. The number of thioether (sulfide) groups is 1. The summed E-state index contributed by atoms with van der Waals surface area (Å²) in [7, 11) is 0. The highest BCUT2D eigenvalue weighted by Crippen LogP contribution is 2.26. The van der Waals surface area contributed by atoms with Crippen LogP contribution in [-0.2, 0) is 9.59 Å². The summed E-state index contributed by atoms with van der Waals surface area (Å²) in [5.74, 6) is -0.455. The molecule has 0 aromatic heterocycles. The Hall–Kier alpha value is -2.31. The molecule has 1 atom stereocenters. The van der Waals surface area contributed by atoms with Gasteiger partial charge in [-0.2, -0.15) is 0 Å². The van der Waals surface area contributed by atoms with Crippen LogP contribution in [-0.4, -0.2) is 22.2 Å². The van der Waals surface area contributed by atoms with E-state index in [9.17, 15) is 9.59 Å². The lowest BCUT2D eigenvalue weighted by molar-refractivity contribution is -0.122. The first-order chi connectivity index (χ1) is 12.0. The molecule has 0 spiro atoms. The molecular formula is C18H16ClN3O2S. The normalized spacial score (nSPS) is 18.2. The van der Waals surface area contributed by atoms with Gasteiger partial charge >= 0.3 is 0 Å². The van der Waals surface area contributed by atoms with Crippen LogP contribution in [0, 0.1) is 6.92 Å². The molecule has 1 aliphatic heterocycles. The summed E-state index contributed by atoms with van der Waals surface area (Å²) in [5, 5.41) is 6.01. The summed E-state index contributed by atoms with van der Waals surface area (Å²) in [6.07, 6.45) is 0.0654. The molecule has 2 aromatic carbocycles. The van der Waals surface area contributed by atoms with E-state index in [0.29, 0.717) is 15.9 Å². The monoisotopic (exact) mass is 373 g/mol. The third kappa shape index (κ3) is 4.84. The van der Waals surface area contributed by atoms with Crippen molar-refractivity contribution in [1.29, 1.82) is 0 Å². The lowest BCUT2D eigenvalue weighted by Gasteiger charge is -2.07. The van der Waals surface area contributed by atoms with E-state index < -0.39 is 5.25 Å². The van der Waals surface area contributed by atoms with Gasteiger partial charge in [0.1, 0.15) is 5.25 Å². The third-order valence-corrected chi connectivity index (χ3v) is 4.84. The quantitative estimate of drug-likeness (QED) is 0.853. The maximum atomic E-state index is 12.1. The predicted octanol–water partition coefficient (Wildman–Crippen LogP) is 3.90. The number of amidine groups is 1. The number of benzene rings is 2. The van der Waals surface area contributed by atoms with Crippen molar-refractivity contribution in [3.05, 3.63) is 59.1 Å². The molecule has 0 aliphatic carbocycles. The molecule has 3 rings (SSSR count). The minimum Gasteiger partial charge on any atom is -0.326 e. The fourth-order valence-corrected chi connectivity index (χ4v) is 3.45. The summed E-state index contributed by atoms with van der Waals surface area (Å²) in [6, 6.07) is 14.6. The van der Waals surface area contributed by atoms with Crippen molar-refractivity contribution in [1.82, 2.24) is 5.32 Å². The van der Waals surface area contributed by atoms with Gasteiger partial charge in [-0.25, -0.2) is 4.99 Å². The summed E-state index contributed by atoms with van der Waals surface area (Å²) >= 11 is 7.15. The average Bonchev–Trinajstić information content (AvgIpc) is 2.89. The largest absolute Gasteiger partial charge is 0.326 e. The Bertz CT molecular complexity index is 836. The number of carbonyl (C=O) groups is 2. The SMILES string of the molecule is Cc1ccc(N=C2NC(=O)[C@H](CC(=O)Nc3cccc(Cl)c3)S2)cc1. The second-order valence-electron chi connectivity index (χ2n) is 5.61. The molecule has 25 heavy (non-hydrogen) atoms. The minimum atomic E-state index is -0.497. The van der Waals surface area contributed by atoms with E-state index in [-0.39, 0.29) is 18.2 Å². The Morgan fingerprint density at radius 1 is 1.28 bits per heavy atom. The van der Waals surface area contributed by atoms with Gasteiger partial charge in [0.15, 0.2) is 5.17 Å². The summed E-state index contributed by atoms with van der Waals surface area (Å²) in [5.41, 5.74) is 2.51. The molecule has 0 saturated carbocycles. The van der Waals surface area contributed by atoms with Crippen LogP contribution in [0.25, 0.3) is 0 Å². The van der Waals surface area contributed by atoms with Crippen molar-refractivity contribution >= 4 is 51.7 Å². The van der Waals surface area contributed by atoms with Crippen LogP contribution in [0.3, 0.4) is 0 Å². The Kier molecular flexibility index (Phi) is 5.40. The van der Waals surface area contributed by atoms with E-state index in [1.165, 1.54) is 11.8 Å². The number of hydrogen-bond acceptors (Lipinski definition) is 4. The van der Waals surface area contributed by atoms with Gasteiger partial charge in [-0.05, 0) is 37.3 Å². The predicted molar refractivity (Wildman–Crippen MR) is 102 cm³/mol. The summed E-state index contributed by atoms with van der Waals surface area (Å²) in [6.45, 7) is 2.00. The number of amides is 2. The van der Waals surface area contributed by atoms with Crippen molar-refractivity contribution in [2.45, 2.75) is 18.6 Å². The molecular weight excluding hydrogens is 358 g/mol. The lowest BCUT2D eigenvalue weighted by atomic mass is 10.2. The number of aliphatic imine (C=N–C) groups is 1. The molecule has 7 heteroatoms. The van der Waals surface area contributed by atoms with Crippen LogP contribution in [0.15, 0.2) is 53.5 Å². The standard InChI is InChI=1S/C18H16ClN3O2S/c1-11-5-7-13(8-6-11)21-18-22-17(24)15(25-18)10-16(23)20-14-4-2-3-12(19)9-14/h2-9,15H,10H2,1H3,(H,20,23)(H,21,22,24)/t15-/m0/s1. The van der Waals surface area contributed by atoms with E-state index in [1.54, 1.807) is 24.3 Å². The van der Waals surface area contributed by atoms with Gasteiger partial charge in [-0.1, -0.05) is 47.1 Å². The van der Waals surface area contributed by atoms with Gasteiger partial charge in [-0.15, -0.1) is 0 Å². The molecule has 1 fully saturated rings. The zero-order valence-corrected chi connectivity index (χ0v) is 15.0. The van der Waals surface area contributed by atoms with Crippen LogP contribution >= 0.6 is 23.4 Å². The maximum Gasteiger partial charge on any atom is 0.240 e. The zero-order valence-electron chi connectivity index (χ0n) is 13.5. The summed E-state index contributed by atoms with van der Waals surface area (Å²) in [4.78, 5) is 28.6. The Morgan fingerprint density at radius 2 is 2.04 bits per heavy atom. The molecule has 0 unspecified atom stereocenters. The Morgan fingerprint density at radius 3 is 2.76 bits per heavy atom. The molecule has 0 radical (unpaired) electrons. The van der Waals surface area contributed by atoms with E-state index in [0.717, 1.165) is 11.3 Å². The molecule has 1 aliphatic rings. The molecule has 2 N–H and O–H groups in total. The van der Waals surface area contributed by atoms with Crippen LogP contribution < -0.4 is 10.6 Å². The van der Waals surface area contributed by atoms with E-state index in [4.69, 9.17) is 11.6 Å². The minimum absolute atomic E-state index is 0.0654. The van der Waals surface area contributed by atoms with Gasteiger partial charge in [0.25, 0.3) is 0 Å². The average molecular weight is 374 g/mol. The van der Waals surface area contributed by atoms with Crippen molar-refractivity contribution in [2.24, 2.45) is 4.99 Å². The van der Waals surface area contributed by atoms with Gasteiger partial charge < -0.3 is 10.6 Å². The molecule has 1 saturated heterocycles. The first-order valence-corrected chi connectivity index (χ1v) is 8.94. The Balaban J connectivity index is 1.61. The van der Waals surface area contributed by atoms with Crippen LogP contribution in [0.4, 0.5) is 11.4 Å². The highest BCUT2D eigenvalue weighted by molar-refractivity contribution is 8.15. The van der Waals surface area contributed by atoms with Crippen molar-refractivity contribution in [2.75, 3.05) is 5.32 Å². The number of hydrogen-bond donors (Lipinski definition) is 2. The first kappa shape index (κ1) is 17.5. The number of aryl methyl sites for hydroxylation is 1. The van der Waals surface area contributed by atoms with Gasteiger partial charge in [0.05, 0.1) is 5.69 Å². The number of rotatable bonds is 4. The third-order valence-electron chi connectivity index (χ3n) is 3.52. The zero-order chi connectivity index (χ0) is 17.8. The number of carbonyl (C=O) groups excluding carboxylic acids is 2. The second-order valence-corrected chi connectivity index (χ2v) is 7.24. The van der Waals surface area contributed by atoms with Crippen molar-refractivity contribution in [3.63, 3.8) is 0 Å². The summed E-state index contributed by atoms with van der Waals surface area (Å²) < 4.78 is 0. The van der Waals surface area contributed by atoms with E-state index in [1.807, 2.05) is 31.2 Å². The number of anilines is 1. The Labute approximate surface area is 154 Å². The van der Waals surface area contributed by atoms with Crippen LogP contribution in [0.1, 0.15) is 12.0 Å². The smallest absolute Gasteiger partial charge is 0.240 e. The topological polar surface area (TPSA) is 70.6 Å². The fourth-order valence-electron chi connectivity index (χ4n) is 2.28. The van der Waals surface area contributed by atoms with Crippen molar-refractivity contribution in [3.8, 4) is 0 Å². The van der Waals surface area contributed by atoms with E-state index in [2.05, 4.69) is 15.6 Å². The van der Waals surface area contributed by atoms with Crippen LogP contribution in [0.5, 0.6) is 0 Å². The van der Waals surface area contributed by atoms with Crippen molar-refractivity contribution < 1.29 is 9.59 Å². The molecule has 5 nitrogen and oxygen atoms in total. The van der Waals surface area contributed by atoms with Crippen LogP contribution in [0.2, 0.25) is 5.02 Å². The lowest BCUT2D eigenvalue weighted by Crippen LogP contribution is -2.28. The molecule has 0 bridgehead atoms. The second kappa shape index (κ2) is 7.72. The molecule has 2 amide bonds. The highest BCUT2D eigenvalue weighted by Gasteiger charge is 2.32. The fraction of sp³-hybridized carbons (Fsp3) is 0.167. The number of halogens is 1. The van der Waals surface area contributed by atoms with Gasteiger partial charge in [-0.3, -0.25) is 9.59 Å². The van der Waals surface area contributed by atoms with Gasteiger partial charge in [0.2, 0.25) is 11.8 Å². The maximum absolute atomic E-state index is 12.1.